The Morgan fingerprint density at radius 1 is 1.24 bits per heavy atom. The largest absolute Gasteiger partial charge is 0.354 e. The van der Waals surface area contributed by atoms with Crippen molar-refractivity contribution in [3.63, 3.8) is 0 Å². The van der Waals surface area contributed by atoms with Gasteiger partial charge in [0.2, 0.25) is 5.91 Å². The van der Waals surface area contributed by atoms with Crippen LogP contribution in [0.3, 0.4) is 0 Å². The highest BCUT2D eigenvalue weighted by Crippen LogP contribution is 2.26. The van der Waals surface area contributed by atoms with Crippen LogP contribution >= 0.6 is 0 Å². The second-order valence-electron chi connectivity index (χ2n) is 8.25. The number of carbonyl (C=O) groups excluding carboxylic acids is 1. The van der Waals surface area contributed by atoms with Gasteiger partial charge in [0.25, 0.3) is 0 Å². The number of amides is 1. The average Bonchev–Trinajstić information content (AvgIpc) is 2.58. The van der Waals surface area contributed by atoms with E-state index in [1.54, 1.807) is 12.1 Å². The topological polar surface area (TPSA) is 56.1 Å². The molecule has 1 aromatic carbocycles. The molecule has 0 aromatic heterocycles. The summed E-state index contributed by atoms with van der Waals surface area (Å²) in [5.41, 5.74) is 1.72. The SMILES string of the molecule is CC1CC(C)CN(C(C)(C)CNC(=O)CCc2ccc(C#N)cc2)C1. The first kappa shape index (κ1) is 19.5. The Bertz CT molecular complexity index is 605. The standard InChI is InChI=1S/C21H31N3O/c1-16-11-17(2)14-24(13-16)21(3,4)15-23-20(25)10-9-18-5-7-19(12-22)8-6-18/h5-8,16-17H,9-11,13-15H2,1-4H3,(H,23,25). The van der Waals surface area contributed by atoms with Gasteiger partial charge in [-0.25, -0.2) is 0 Å². The fraction of sp³-hybridized carbons (Fsp3) is 0.619. The van der Waals surface area contributed by atoms with Gasteiger partial charge in [-0.3, -0.25) is 9.69 Å². The second kappa shape index (κ2) is 8.49. The molecule has 0 radical (unpaired) electrons. The van der Waals surface area contributed by atoms with Crippen molar-refractivity contribution in [2.24, 2.45) is 11.8 Å². The van der Waals surface area contributed by atoms with Gasteiger partial charge >= 0.3 is 0 Å². The number of likely N-dealkylation sites (tertiary alicyclic amines) is 1. The first-order valence-electron chi connectivity index (χ1n) is 9.31. The number of piperidine rings is 1. The fourth-order valence-corrected chi connectivity index (χ4v) is 3.68. The molecule has 1 N–H and O–H groups in total. The molecular weight excluding hydrogens is 310 g/mol. The lowest BCUT2D eigenvalue weighted by atomic mass is 9.88. The smallest absolute Gasteiger partial charge is 0.220 e. The zero-order valence-corrected chi connectivity index (χ0v) is 16.0. The number of aryl methyl sites for hydroxylation is 1. The Labute approximate surface area is 152 Å². The van der Waals surface area contributed by atoms with Gasteiger partial charge in [0.15, 0.2) is 0 Å². The number of hydrogen-bond acceptors (Lipinski definition) is 3. The van der Waals surface area contributed by atoms with Gasteiger partial charge in [0.05, 0.1) is 11.6 Å². The molecule has 2 rings (SSSR count). The van der Waals surface area contributed by atoms with E-state index in [1.807, 2.05) is 12.1 Å². The molecule has 2 unspecified atom stereocenters. The van der Waals surface area contributed by atoms with E-state index in [2.05, 4.69) is 44.0 Å². The van der Waals surface area contributed by atoms with Crippen molar-refractivity contribution in [3.8, 4) is 6.07 Å². The molecule has 0 saturated carbocycles. The minimum Gasteiger partial charge on any atom is -0.354 e. The first-order chi connectivity index (χ1) is 11.8. The van der Waals surface area contributed by atoms with Gasteiger partial charge in [-0.2, -0.15) is 5.26 Å². The third-order valence-electron chi connectivity index (χ3n) is 5.17. The molecule has 4 nitrogen and oxygen atoms in total. The number of rotatable bonds is 6. The van der Waals surface area contributed by atoms with E-state index in [9.17, 15) is 4.79 Å². The average molecular weight is 341 g/mol. The molecule has 4 heteroatoms. The molecular formula is C21H31N3O. The van der Waals surface area contributed by atoms with Crippen molar-refractivity contribution < 1.29 is 4.79 Å². The maximum absolute atomic E-state index is 12.2. The van der Waals surface area contributed by atoms with Gasteiger partial charge in [-0.05, 0) is 56.2 Å². The molecule has 0 spiro atoms. The zero-order chi connectivity index (χ0) is 18.4. The van der Waals surface area contributed by atoms with Crippen LogP contribution in [-0.4, -0.2) is 36.0 Å². The lowest BCUT2D eigenvalue weighted by Gasteiger charge is -2.45. The summed E-state index contributed by atoms with van der Waals surface area (Å²) in [5, 5.41) is 11.9. The van der Waals surface area contributed by atoms with Gasteiger partial charge in [0, 0.05) is 31.6 Å². The minimum absolute atomic E-state index is 0.0208. The summed E-state index contributed by atoms with van der Waals surface area (Å²) in [6, 6.07) is 9.56. The van der Waals surface area contributed by atoms with E-state index in [1.165, 1.54) is 6.42 Å². The monoisotopic (exact) mass is 341 g/mol. The molecule has 2 atom stereocenters. The van der Waals surface area contributed by atoms with Crippen LogP contribution in [0.2, 0.25) is 0 Å². The fourth-order valence-electron chi connectivity index (χ4n) is 3.68. The Morgan fingerprint density at radius 2 is 1.84 bits per heavy atom. The summed E-state index contributed by atoms with van der Waals surface area (Å²) in [7, 11) is 0. The summed E-state index contributed by atoms with van der Waals surface area (Å²) >= 11 is 0. The molecule has 0 aliphatic carbocycles. The molecule has 1 aliphatic rings. The van der Waals surface area contributed by atoms with Crippen molar-refractivity contribution in [2.45, 2.75) is 52.5 Å². The number of hydrogen-bond donors (Lipinski definition) is 1. The number of nitrogens with one attached hydrogen (secondary N) is 1. The van der Waals surface area contributed by atoms with E-state index in [0.29, 0.717) is 24.9 Å². The zero-order valence-electron chi connectivity index (χ0n) is 16.0. The van der Waals surface area contributed by atoms with Crippen LogP contribution in [-0.2, 0) is 11.2 Å². The maximum atomic E-state index is 12.2. The number of carbonyl (C=O) groups is 1. The van der Waals surface area contributed by atoms with Crippen molar-refractivity contribution in [1.82, 2.24) is 10.2 Å². The van der Waals surface area contributed by atoms with Gasteiger partial charge < -0.3 is 5.32 Å². The van der Waals surface area contributed by atoms with E-state index in [4.69, 9.17) is 5.26 Å². The van der Waals surface area contributed by atoms with Gasteiger partial charge in [0.1, 0.15) is 0 Å². The normalized spacial score (nSPS) is 21.6. The quantitative estimate of drug-likeness (QED) is 0.863. The maximum Gasteiger partial charge on any atom is 0.220 e. The Hall–Kier alpha value is -1.86. The van der Waals surface area contributed by atoms with Crippen LogP contribution in [0.4, 0.5) is 0 Å². The van der Waals surface area contributed by atoms with Gasteiger partial charge in [-0.15, -0.1) is 0 Å². The van der Waals surface area contributed by atoms with E-state index in [-0.39, 0.29) is 11.4 Å². The van der Waals surface area contributed by atoms with Crippen LogP contribution in [0.25, 0.3) is 0 Å². The molecule has 1 aliphatic heterocycles. The van der Waals surface area contributed by atoms with Crippen molar-refractivity contribution in [1.29, 1.82) is 5.26 Å². The van der Waals surface area contributed by atoms with Crippen molar-refractivity contribution in [2.75, 3.05) is 19.6 Å². The number of nitriles is 1. The minimum atomic E-state index is -0.0208. The molecule has 1 fully saturated rings. The van der Waals surface area contributed by atoms with E-state index >= 15 is 0 Å². The van der Waals surface area contributed by atoms with Crippen molar-refractivity contribution in [3.05, 3.63) is 35.4 Å². The highest BCUT2D eigenvalue weighted by molar-refractivity contribution is 5.76. The summed E-state index contributed by atoms with van der Waals surface area (Å²) in [4.78, 5) is 14.7. The van der Waals surface area contributed by atoms with E-state index < -0.39 is 0 Å². The van der Waals surface area contributed by atoms with E-state index in [0.717, 1.165) is 30.5 Å². The Morgan fingerprint density at radius 3 is 2.40 bits per heavy atom. The lowest BCUT2D eigenvalue weighted by molar-refractivity contribution is -0.121. The predicted octanol–water partition coefficient (Wildman–Crippen LogP) is 3.36. The molecule has 1 heterocycles. The van der Waals surface area contributed by atoms with Crippen LogP contribution in [0.15, 0.2) is 24.3 Å². The molecule has 1 saturated heterocycles. The Balaban J connectivity index is 1.79. The number of nitrogens with zero attached hydrogens (tertiary/aromatic N) is 2. The van der Waals surface area contributed by atoms with Crippen LogP contribution < -0.4 is 5.32 Å². The summed E-state index contributed by atoms with van der Waals surface area (Å²) in [6.07, 6.45) is 2.48. The summed E-state index contributed by atoms with van der Waals surface area (Å²) in [6.45, 7) is 12.0. The summed E-state index contributed by atoms with van der Waals surface area (Å²) in [5.74, 6) is 1.53. The molecule has 0 bridgehead atoms. The first-order valence-corrected chi connectivity index (χ1v) is 9.31. The van der Waals surface area contributed by atoms with Crippen molar-refractivity contribution >= 4 is 5.91 Å². The summed E-state index contributed by atoms with van der Waals surface area (Å²) < 4.78 is 0. The highest BCUT2D eigenvalue weighted by atomic mass is 16.1. The van der Waals surface area contributed by atoms with Crippen LogP contribution in [0.1, 0.15) is 51.7 Å². The number of benzene rings is 1. The third-order valence-corrected chi connectivity index (χ3v) is 5.17. The Kier molecular flexibility index (Phi) is 6.61. The molecule has 136 valence electrons. The highest BCUT2D eigenvalue weighted by Gasteiger charge is 2.32. The predicted molar refractivity (Wildman–Crippen MR) is 101 cm³/mol. The molecule has 25 heavy (non-hydrogen) atoms. The molecule has 1 amide bonds. The van der Waals surface area contributed by atoms with Crippen LogP contribution in [0, 0.1) is 23.2 Å². The second-order valence-corrected chi connectivity index (χ2v) is 8.25. The lowest BCUT2D eigenvalue weighted by Crippen LogP contribution is -2.56. The third kappa shape index (κ3) is 5.86. The van der Waals surface area contributed by atoms with Gasteiger partial charge in [-0.1, -0.05) is 26.0 Å². The van der Waals surface area contributed by atoms with Crippen LogP contribution in [0.5, 0.6) is 0 Å². The molecule has 1 aromatic rings.